The number of imidazole rings is 1. The third-order valence-corrected chi connectivity index (χ3v) is 3.64. The molecule has 2 aromatic rings. The van der Waals surface area contributed by atoms with Crippen molar-refractivity contribution in [3.63, 3.8) is 0 Å². The number of hydrogen-bond donors (Lipinski definition) is 1. The van der Waals surface area contributed by atoms with Crippen LogP contribution in [0.5, 0.6) is 0 Å². The van der Waals surface area contributed by atoms with Crippen LogP contribution in [0.4, 0.5) is 0 Å². The van der Waals surface area contributed by atoms with Gasteiger partial charge in [-0.25, -0.2) is 4.98 Å². The summed E-state index contributed by atoms with van der Waals surface area (Å²) in [4.78, 5) is 4.39. The van der Waals surface area contributed by atoms with E-state index in [1.165, 1.54) is 5.56 Å². The molecule has 2 heterocycles. The second-order valence-electron chi connectivity index (χ2n) is 4.25. The van der Waals surface area contributed by atoms with Crippen molar-refractivity contribution in [2.75, 3.05) is 6.54 Å². The van der Waals surface area contributed by atoms with Gasteiger partial charge in [0.05, 0.1) is 0 Å². The van der Waals surface area contributed by atoms with Crippen LogP contribution in [0.15, 0.2) is 29.2 Å². The Labute approximate surface area is 107 Å². The SMILES string of the molecule is CCNC(Cc1ccsc1)Cc1nccn1C. The first-order valence-electron chi connectivity index (χ1n) is 6.00. The molecule has 0 aliphatic rings. The van der Waals surface area contributed by atoms with Gasteiger partial charge < -0.3 is 9.88 Å². The average molecular weight is 249 g/mol. The van der Waals surface area contributed by atoms with Crippen molar-refractivity contribution in [1.82, 2.24) is 14.9 Å². The van der Waals surface area contributed by atoms with Gasteiger partial charge in [-0.15, -0.1) is 0 Å². The largest absolute Gasteiger partial charge is 0.338 e. The van der Waals surface area contributed by atoms with Crippen LogP contribution in [-0.2, 0) is 19.9 Å². The van der Waals surface area contributed by atoms with Gasteiger partial charge in [0, 0.05) is 31.9 Å². The molecule has 4 heteroatoms. The fraction of sp³-hybridized carbons (Fsp3) is 0.462. The molecule has 1 atom stereocenters. The van der Waals surface area contributed by atoms with Gasteiger partial charge in [-0.1, -0.05) is 6.92 Å². The number of likely N-dealkylation sites (N-methyl/N-ethyl adjacent to an activating group) is 1. The highest BCUT2D eigenvalue weighted by molar-refractivity contribution is 7.07. The van der Waals surface area contributed by atoms with Gasteiger partial charge in [-0.05, 0) is 35.4 Å². The highest BCUT2D eigenvalue weighted by atomic mass is 32.1. The minimum absolute atomic E-state index is 0.468. The maximum atomic E-state index is 4.39. The third kappa shape index (κ3) is 3.41. The molecular formula is C13H19N3S. The zero-order chi connectivity index (χ0) is 12.1. The molecule has 2 rings (SSSR count). The van der Waals surface area contributed by atoms with Crippen LogP contribution < -0.4 is 5.32 Å². The lowest BCUT2D eigenvalue weighted by molar-refractivity contribution is 0.504. The fourth-order valence-electron chi connectivity index (χ4n) is 2.01. The lowest BCUT2D eigenvalue weighted by atomic mass is 10.1. The molecule has 3 nitrogen and oxygen atoms in total. The number of aromatic nitrogens is 2. The molecule has 92 valence electrons. The van der Waals surface area contributed by atoms with Gasteiger partial charge in [0.1, 0.15) is 5.82 Å². The summed E-state index contributed by atoms with van der Waals surface area (Å²) < 4.78 is 2.10. The van der Waals surface area contributed by atoms with Gasteiger partial charge in [0.25, 0.3) is 0 Å². The van der Waals surface area contributed by atoms with E-state index in [9.17, 15) is 0 Å². The van der Waals surface area contributed by atoms with Crippen LogP contribution in [-0.4, -0.2) is 22.1 Å². The summed E-state index contributed by atoms with van der Waals surface area (Å²) in [6.07, 6.45) is 5.92. The van der Waals surface area contributed by atoms with Crippen molar-refractivity contribution >= 4 is 11.3 Å². The molecule has 0 saturated heterocycles. The number of aryl methyl sites for hydroxylation is 1. The minimum atomic E-state index is 0.468. The van der Waals surface area contributed by atoms with Crippen LogP contribution in [0.1, 0.15) is 18.3 Å². The first-order chi connectivity index (χ1) is 8.29. The standard InChI is InChI=1S/C13H19N3S/c1-3-14-12(8-11-4-7-17-10-11)9-13-15-5-6-16(13)2/h4-7,10,12,14H,3,8-9H2,1-2H3. The van der Waals surface area contributed by atoms with Crippen molar-refractivity contribution in [3.05, 3.63) is 40.6 Å². The quantitative estimate of drug-likeness (QED) is 0.851. The molecular weight excluding hydrogens is 230 g/mol. The Kier molecular flexibility index (Phi) is 4.34. The Morgan fingerprint density at radius 2 is 2.35 bits per heavy atom. The summed E-state index contributed by atoms with van der Waals surface area (Å²) in [5.74, 6) is 1.14. The molecule has 0 bridgehead atoms. The van der Waals surface area contributed by atoms with Crippen LogP contribution in [0, 0.1) is 0 Å². The smallest absolute Gasteiger partial charge is 0.109 e. The van der Waals surface area contributed by atoms with E-state index in [-0.39, 0.29) is 0 Å². The predicted molar refractivity (Wildman–Crippen MR) is 72.4 cm³/mol. The zero-order valence-corrected chi connectivity index (χ0v) is 11.2. The average Bonchev–Trinajstić information content (AvgIpc) is 2.92. The maximum absolute atomic E-state index is 4.39. The molecule has 0 aliphatic carbocycles. The molecule has 0 aromatic carbocycles. The molecule has 0 amide bonds. The fourth-order valence-corrected chi connectivity index (χ4v) is 2.69. The molecule has 0 spiro atoms. The Balaban J connectivity index is 2.00. The third-order valence-electron chi connectivity index (χ3n) is 2.90. The summed E-state index contributed by atoms with van der Waals surface area (Å²) in [6.45, 7) is 3.15. The van der Waals surface area contributed by atoms with E-state index < -0.39 is 0 Å². The summed E-state index contributed by atoms with van der Waals surface area (Å²) in [7, 11) is 2.05. The van der Waals surface area contributed by atoms with E-state index in [4.69, 9.17) is 0 Å². The van der Waals surface area contributed by atoms with Crippen molar-refractivity contribution in [2.24, 2.45) is 7.05 Å². The molecule has 17 heavy (non-hydrogen) atoms. The normalized spacial score (nSPS) is 12.8. The molecule has 0 fully saturated rings. The highest BCUT2D eigenvalue weighted by Crippen LogP contribution is 2.11. The zero-order valence-electron chi connectivity index (χ0n) is 10.4. The predicted octanol–water partition coefficient (Wildman–Crippen LogP) is 2.24. The first kappa shape index (κ1) is 12.3. The Morgan fingerprint density at radius 1 is 1.47 bits per heavy atom. The van der Waals surface area contributed by atoms with Gasteiger partial charge in [0.15, 0.2) is 0 Å². The number of rotatable bonds is 6. The van der Waals surface area contributed by atoms with Crippen LogP contribution in [0.2, 0.25) is 0 Å². The van der Waals surface area contributed by atoms with E-state index >= 15 is 0 Å². The van der Waals surface area contributed by atoms with E-state index in [1.807, 2.05) is 12.4 Å². The Morgan fingerprint density at radius 3 is 2.94 bits per heavy atom. The van der Waals surface area contributed by atoms with E-state index in [0.717, 1.165) is 25.2 Å². The second kappa shape index (κ2) is 5.98. The number of hydrogen-bond acceptors (Lipinski definition) is 3. The second-order valence-corrected chi connectivity index (χ2v) is 5.03. The van der Waals surface area contributed by atoms with Crippen LogP contribution in [0.3, 0.4) is 0 Å². The van der Waals surface area contributed by atoms with E-state index in [2.05, 4.69) is 45.7 Å². The highest BCUT2D eigenvalue weighted by Gasteiger charge is 2.12. The summed E-state index contributed by atoms with van der Waals surface area (Å²) >= 11 is 1.76. The van der Waals surface area contributed by atoms with Crippen molar-refractivity contribution in [3.8, 4) is 0 Å². The van der Waals surface area contributed by atoms with Gasteiger partial charge in [0.2, 0.25) is 0 Å². The number of thiophene rings is 1. The topological polar surface area (TPSA) is 29.9 Å². The monoisotopic (exact) mass is 249 g/mol. The lowest BCUT2D eigenvalue weighted by Gasteiger charge is -2.17. The van der Waals surface area contributed by atoms with Crippen molar-refractivity contribution < 1.29 is 0 Å². The van der Waals surface area contributed by atoms with E-state index in [0.29, 0.717) is 6.04 Å². The molecule has 1 N–H and O–H groups in total. The Hall–Kier alpha value is -1.13. The van der Waals surface area contributed by atoms with Gasteiger partial charge >= 0.3 is 0 Å². The van der Waals surface area contributed by atoms with Crippen molar-refractivity contribution in [1.29, 1.82) is 0 Å². The maximum Gasteiger partial charge on any atom is 0.109 e. The molecule has 0 saturated carbocycles. The summed E-state index contributed by atoms with van der Waals surface area (Å²) in [5, 5.41) is 7.90. The molecule has 2 aromatic heterocycles. The Bertz CT molecular complexity index is 433. The van der Waals surface area contributed by atoms with Crippen LogP contribution in [0.25, 0.3) is 0 Å². The first-order valence-corrected chi connectivity index (χ1v) is 6.94. The molecule has 0 radical (unpaired) electrons. The lowest BCUT2D eigenvalue weighted by Crippen LogP contribution is -2.33. The summed E-state index contributed by atoms with van der Waals surface area (Å²) in [6, 6.07) is 2.67. The van der Waals surface area contributed by atoms with Crippen LogP contribution >= 0.6 is 11.3 Å². The van der Waals surface area contributed by atoms with Crippen molar-refractivity contribution in [2.45, 2.75) is 25.8 Å². The van der Waals surface area contributed by atoms with Gasteiger partial charge in [-0.2, -0.15) is 11.3 Å². The summed E-state index contributed by atoms with van der Waals surface area (Å²) in [5.41, 5.74) is 1.41. The molecule has 0 aliphatic heterocycles. The van der Waals surface area contributed by atoms with Gasteiger partial charge in [-0.3, -0.25) is 0 Å². The molecule has 1 unspecified atom stereocenters. The van der Waals surface area contributed by atoms with E-state index in [1.54, 1.807) is 11.3 Å². The minimum Gasteiger partial charge on any atom is -0.338 e. The number of nitrogens with zero attached hydrogens (tertiary/aromatic N) is 2. The number of nitrogens with one attached hydrogen (secondary N) is 1.